The molecule has 1 saturated heterocycles. The van der Waals surface area contributed by atoms with Crippen LogP contribution in [0.1, 0.15) is 19.5 Å². The van der Waals surface area contributed by atoms with Gasteiger partial charge in [0.15, 0.2) is 11.1 Å². The van der Waals surface area contributed by atoms with Crippen LogP contribution in [0.25, 0.3) is 0 Å². The lowest BCUT2D eigenvalue weighted by atomic mass is 10.1. The quantitative estimate of drug-likeness (QED) is 0.532. The molecule has 0 saturated carbocycles. The maximum atomic E-state index is 5.41. The zero-order chi connectivity index (χ0) is 18.1. The highest BCUT2D eigenvalue weighted by Gasteiger charge is 2.14. The van der Waals surface area contributed by atoms with Crippen LogP contribution in [-0.2, 0) is 11.3 Å². The van der Waals surface area contributed by atoms with Gasteiger partial charge in [-0.25, -0.2) is 9.98 Å². The van der Waals surface area contributed by atoms with E-state index in [1.807, 2.05) is 19.0 Å². The maximum absolute atomic E-state index is 5.41. The van der Waals surface area contributed by atoms with Crippen LogP contribution in [0.3, 0.4) is 0 Å². The Morgan fingerprint density at radius 3 is 2.80 bits per heavy atom. The van der Waals surface area contributed by atoms with Crippen LogP contribution in [-0.4, -0.2) is 75.9 Å². The number of aliphatic imine (C=N–C) groups is 1. The number of hydrogen-bond acceptors (Lipinski definition) is 6. The zero-order valence-corrected chi connectivity index (χ0v) is 16.7. The Labute approximate surface area is 155 Å². The highest BCUT2D eigenvalue weighted by Crippen LogP contribution is 2.18. The van der Waals surface area contributed by atoms with Gasteiger partial charge in [0, 0.05) is 52.2 Å². The van der Waals surface area contributed by atoms with Gasteiger partial charge in [0.05, 0.1) is 25.5 Å². The Morgan fingerprint density at radius 2 is 2.16 bits per heavy atom. The summed E-state index contributed by atoms with van der Waals surface area (Å²) in [6.45, 7) is 11.6. The summed E-state index contributed by atoms with van der Waals surface area (Å²) in [5.74, 6) is 1.41. The predicted octanol–water partition coefficient (Wildman–Crippen LogP) is 1.23. The predicted molar refractivity (Wildman–Crippen MR) is 106 cm³/mol. The molecule has 1 aliphatic heterocycles. The van der Waals surface area contributed by atoms with Crippen molar-refractivity contribution in [2.75, 3.05) is 64.9 Å². The van der Waals surface area contributed by atoms with E-state index in [0.29, 0.717) is 12.5 Å². The number of aromatic nitrogens is 1. The van der Waals surface area contributed by atoms with E-state index in [9.17, 15) is 0 Å². The van der Waals surface area contributed by atoms with Crippen LogP contribution >= 0.6 is 11.3 Å². The van der Waals surface area contributed by atoms with Gasteiger partial charge in [-0.05, 0) is 12.8 Å². The van der Waals surface area contributed by atoms with Crippen LogP contribution in [0, 0.1) is 5.92 Å². The Balaban J connectivity index is 1.79. The number of guanidine groups is 1. The Morgan fingerprint density at radius 1 is 1.40 bits per heavy atom. The molecule has 1 unspecified atom stereocenters. The fraction of sp³-hybridized carbons (Fsp3) is 0.765. The van der Waals surface area contributed by atoms with Gasteiger partial charge in [0.25, 0.3) is 0 Å². The van der Waals surface area contributed by atoms with Gasteiger partial charge in [0.1, 0.15) is 0 Å². The number of nitrogens with zero attached hydrogens (tertiary/aromatic N) is 4. The van der Waals surface area contributed by atoms with Crippen molar-refractivity contribution in [3.05, 3.63) is 11.1 Å². The largest absolute Gasteiger partial charge is 0.379 e. The molecule has 25 heavy (non-hydrogen) atoms. The second-order valence-electron chi connectivity index (χ2n) is 6.61. The molecular weight excluding hydrogens is 336 g/mol. The summed E-state index contributed by atoms with van der Waals surface area (Å²) < 4.78 is 5.41. The highest BCUT2D eigenvalue weighted by molar-refractivity contribution is 7.13. The van der Waals surface area contributed by atoms with Gasteiger partial charge in [-0.3, -0.25) is 4.90 Å². The minimum Gasteiger partial charge on any atom is -0.379 e. The summed E-state index contributed by atoms with van der Waals surface area (Å²) in [5.41, 5.74) is 1.01. The van der Waals surface area contributed by atoms with E-state index < -0.39 is 0 Å². The average molecular weight is 369 g/mol. The molecule has 0 bridgehead atoms. The van der Waals surface area contributed by atoms with E-state index in [4.69, 9.17) is 4.74 Å². The second kappa shape index (κ2) is 10.6. The van der Waals surface area contributed by atoms with Crippen molar-refractivity contribution in [3.63, 3.8) is 0 Å². The highest BCUT2D eigenvalue weighted by atomic mass is 32.1. The maximum Gasteiger partial charge on any atom is 0.191 e. The van der Waals surface area contributed by atoms with Crippen LogP contribution in [0.15, 0.2) is 10.4 Å². The molecule has 0 spiro atoms. The lowest BCUT2D eigenvalue weighted by Gasteiger charge is -2.29. The Hall–Kier alpha value is -1.38. The van der Waals surface area contributed by atoms with Gasteiger partial charge in [-0.2, -0.15) is 0 Å². The normalized spacial score (nSPS) is 17.4. The lowest BCUT2D eigenvalue weighted by Crippen LogP contribution is -2.44. The van der Waals surface area contributed by atoms with Crippen molar-refractivity contribution in [1.82, 2.24) is 20.5 Å². The number of hydrogen-bond donors (Lipinski definition) is 2. The fourth-order valence-corrected chi connectivity index (χ4v) is 3.39. The first-order valence-electron chi connectivity index (χ1n) is 9.02. The molecule has 0 aromatic carbocycles. The third kappa shape index (κ3) is 7.17. The molecule has 2 rings (SSSR count). The van der Waals surface area contributed by atoms with Gasteiger partial charge in [-0.1, -0.05) is 6.92 Å². The number of ether oxygens (including phenoxy) is 1. The van der Waals surface area contributed by atoms with Gasteiger partial charge in [-0.15, -0.1) is 11.3 Å². The van der Waals surface area contributed by atoms with Crippen LogP contribution in [0.2, 0.25) is 0 Å². The topological polar surface area (TPSA) is 65.0 Å². The van der Waals surface area contributed by atoms with Crippen LogP contribution in [0.4, 0.5) is 5.13 Å². The van der Waals surface area contributed by atoms with E-state index in [1.54, 1.807) is 11.3 Å². The van der Waals surface area contributed by atoms with Crippen molar-refractivity contribution in [2.24, 2.45) is 10.9 Å². The molecular formula is C17H32N6OS. The summed E-state index contributed by atoms with van der Waals surface area (Å²) in [5, 5.41) is 9.86. The first kappa shape index (κ1) is 19.9. The molecule has 2 heterocycles. The molecule has 8 heteroatoms. The monoisotopic (exact) mass is 368 g/mol. The second-order valence-corrected chi connectivity index (χ2v) is 7.45. The van der Waals surface area contributed by atoms with E-state index in [-0.39, 0.29) is 0 Å². The third-order valence-electron chi connectivity index (χ3n) is 3.96. The van der Waals surface area contributed by atoms with Crippen molar-refractivity contribution in [2.45, 2.75) is 20.4 Å². The van der Waals surface area contributed by atoms with Crippen molar-refractivity contribution >= 4 is 22.4 Å². The van der Waals surface area contributed by atoms with E-state index in [2.05, 4.69) is 44.7 Å². The van der Waals surface area contributed by atoms with Crippen molar-refractivity contribution in [1.29, 1.82) is 0 Å². The van der Waals surface area contributed by atoms with Gasteiger partial charge >= 0.3 is 0 Å². The summed E-state index contributed by atoms with van der Waals surface area (Å²) in [6.07, 6.45) is 0. The smallest absolute Gasteiger partial charge is 0.191 e. The summed E-state index contributed by atoms with van der Waals surface area (Å²) in [6, 6.07) is 0. The standard InChI is InChI=1S/C17H32N6OS/c1-5-18-16(20-11-15-13-25-17(21-15)22(3)4)19-10-14(2)12-23-6-8-24-9-7-23/h13-14H,5-12H2,1-4H3,(H2,18,19,20). The van der Waals surface area contributed by atoms with Crippen molar-refractivity contribution < 1.29 is 4.74 Å². The molecule has 1 aliphatic rings. The van der Waals surface area contributed by atoms with Gasteiger partial charge < -0.3 is 20.3 Å². The average Bonchev–Trinajstić information content (AvgIpc) is 3.07. The van der Waals surface area contributed by atoms with Crippen LogP contribution < -0.4 is 15.5 Å². The SMILES string of the molecule is CCNC(=NCc1csc(N(C)C)n1)NCC(C)CN1CCOCC1. The summed E-state index contributed by atoms with van der Waals surface area (Å²) in [4.78, 5) is 13.7. The molecule has 1 aromatic rings. The number of thiazole rings is 1. The molecule has 142 valence electrons. The van der Waals surface area contributed by atoms with E-state index >= 15 is 0 Å². The van der Waals surface area contributed by atoms with Crippen LogP contribution in [0.5, 0.6) is 0 Å². The molecule has 1 atom stereocenters. The number of nitrogens with one attached hydrogen (secondary N) is 2. The molecule has 0 radical (unpaired) electrons. The summed E-state index contributed by atoms with van der Waals surface area (Å²) in [7, 11) is 4.01. The molecule has 7 nitrogen and oxygen atoms in total. The number of morpholine rings is 1. The summed E-state index contributed by atoms with van der Waals surface area (Å²) >= 11 is 1.65. The minimum absolute atomic E-state index is 0.557. The number of anilines is 1. The Kier molecular flexibility index (Phi) is 8.43. The van der Waals surface area contributed by atoms with E-state index in [0.717, 1.165) is 62.7 Å². The van der Waals surface area contributed by atoms with Crippen molar-refractivity contribution in [3.8, 4) is 0 Å². The lowest BCUT2D eigenvalue weighted by molar-refractivity contribution is 0.0320. The molecule has 0 amide bonds. The first-order chi connectivity index (χ1) is 12.1. The zero-order valence-electron chi connectivity index (χ0n) is 15.9. The molecule has 0 aliphatic carbocycles. The number of rotatable bonds is 8. The molecule has 1 fully saturated rings. The fourth-order valence-electron chi connectivity index (χ4n) is 2.64. The van der Waals surface area contributed by atoms with E-state index in [1.165, 1.54) is 0 Å². The molecule has 1 aromatic heterocycles. The minimum atomic E-state index is 0.557. The van der Waals surface area contributed by atoms with Gasteiger partial charge in [0.2, 0.25) is 0 Å². The molecule has 2 N–H and O–H groups in total. The Bertz CT molecular complexity index is 527. The first-order valence-corrected chi connectivity index (χ1v) is 9.90. The third-order valence-corrected chi connectivity index (χ3v) is 5.01.